The van der Waals surface area contributed by atoms with Crippen molar-refractivity contribution in [2.75, 3.05) is 38.2 Å². The van der Waals surface area contributed by atoms with Gasteiger partial charge in [-0.05, 0) is 51.2 Å². The average Bonchev–Trinajstić information content (AvgIpc) is 3.19. The van der Waals surface area contributed by atoms with Crippen molar-refractivity contribution in [2.45, 2.75) is 45.6 Å². The third-order valence-electron chi connectivity index (χ3n) is 5.57. The van der Waals surface area contributed by atoms with Gasteiger partial charge in [-0.25, -0.2) is 4.98 Å². The molecule has 4 rings (SSSR count). The zero-order chi connectivity index (χ0) is 21.6. The van der Waals surface area contributed by atoms with Crippen LogP contribution >= 0.6 is 35.3 Å². The zero-order valence-corrected chi connectivity index (χ0v) is 21.9. The van der Waals surface area contributed by atoms with E-state index in [9.17, 15) is 4.79 Å². The number of aryl methyl sites for hydroxylation is 2. The van der Waals surface area contributed by atoms with E-state index in [1.54, 1.807) is 0 Å². The standard InChI is InChI=1S/C23H31N5O2S.HI/c1-3-24-23(27(2)15-21-26-17-9-4-7-12-20(17)31-21)25-13-8-14-28-18-10-5-6-11-19(18)30-16-22(28)29;/h5-6,10-11H,3-4,7-9,12-16H2,1-2H3,(H,24,25);1H. The summed E-state index contributed by atoms with van der Waals surface area (Å²) < 4.78 is 5.52. The molecule has 0 spiro atoms. The Labute approximate surface area is 211 Å². The van der Waals surface area contributed by atoms with Gasteiger partial charge >= 0.3 is 0 Å². The van der Waals surface area contributed by atoms with Crippen LogP contribution < -0.4 is 15.0 Å². The maximum atomic E-state index is 12.3. The van der Waals surface area contributed by atoms with Gasteiger partial charge in [-0.2, -0.15) is 0 Å². The number of carbonyl (C=O) groups excluding carboxylic acids is 1. The summed E-state index contributed by atoms with van der Waals surface area (Å²) in [6, 6.07) is 7.69. The first kappa shape index (κ1) is 24.8. The van der Waals surface area contributed by atoms with Crippen molar-refractivity contribution in [2.24, 2.45) is 4.99 Å². The van der Waals surface area contributed by atoms with Crippen molar-refractivity contribution in [3.63, 3.8) is 0 Å². The Morgan fingerprint density at radius 3 is 2.94 bits per heavy atom. The molecule has 7 nitrogen and oxygen atoms in total. The lowest BCUT2D eigenvalue weighted by Crippen LogP contribution is -2.40. The van der Waals surface area contributed by atoms with Crippen LogP contribution in [-0.4, -0.2) is 55.0 Å². The van der Waals surface area contributed by atoms with Crippen molar-refractivity contribution in [3.8, 4) is 5.75 Å². The first-order valence-electron chi connectivity index (χ1n) is 11.1. The van der Waals surface area contributed by atoms with Gasteiger partial charge in [0.25, 0.3) is 5.91 Å². The fourth-order valence-corrected chi connectivity index (χ4v) is 5.24. The molecule has 0 saturated heterocycles. The van der Waals surface area contributed by atoms with Crippen molar-refractivity contribution in [1.82, 2.24) is 15.2 Å². The maximum absolute atomic E-state index is 12.3. The molecule has 2 aromatic rings. The molecule has 1 aromatic heterocycles. The predicted molar refractivity (Wildman–Crippen MR) is 141 cm³/mol. The zero-order valence-electron chi connectivity index (χ0n) is 18.8. The van der Waals surface area contributed by atoms with Crippen LogP contribution in [0.4, 0.5) is 5.69 Å². The molecule has 2 aliphatic rings. The Kier molecular flexibility index (Phi) is 9.15. The van der Waals surface area contributed by atoms with E-state index in [2.05, 4.69) is 24.2 Å². The normalized spacial score (nSPS) is 15.4. The summed E-state index contributed by atoms with van der Waals surface area (Å²) in [6.07, 6.45) is 5.62. The first-order valence-corrected chi connectivity index (χ1v) is 12.0. The molecule has 32 heavy (non-hydrogen) atoms. The molecule has 1 aliphatic carbocycles. The van der Waals surface area contributed by atoms with Crippen molar-refractivity contribution >= 4 is 52.9 Å². The molecule has 1 aromatic carbocycles. The quantitative estimate of drug-likeness (QED) is 0.238. The highest BCUT2D eigenvalue weighted by molar-refractivity contribution is 14.0. The number of thiazole rings is 1. The molecule has 0 bridgehead atoms. The first-order chi connectivity index (χ1) is 15.2. The predicted octanol–water partition coefficient (Wildman–Crippen LogP) is 3.85. The van der Waals surface area contributed by atoms with E-state index in [0.29, 0.717) is 13.1 Å². The second kappa shape index (κ2) is 11.8. The van der Waals surface area contributed by atoms with Crippen molar-refractivity contribution in [1.29, 1.82) is 0 Å². The van der Waals surface area contributed by atoms with E-state index < -0.39 is 0 Å². The van der Waals surface area contributed by atoms with Crippen LogP contribution in [0.2, 0.25) is 0 Å². The fourth-order valence-electron chi connectivity index (χ4n) is 4.03. The second-order valence-corrected chi connectivity index (χ2v) is 9.10. The summed E-state index contributed by atoms with van der Waals surface area (Å²) in [4.78, 5) is 27.4. The smallest absolute Gasteiger partial charge is 0.265 e. The maximum Gasteiger partial charge on any atom is 0.265 e. The number of fused-ring (bicyclic) bond motifs is 2. The number of nitrogens with one attached hydrogen (secondary N) is 1. The Morgan fingerprint density at radius 1 is 1.31 bits per heavy atom. The van der Waals surface area contributed by atoms with E-state index in [0.717, 1.165) is 48.3 Å². The number of rotatable bonds is 7. The lowest BCUT2D eigenvalue weighted by molar-refractivity contribution is -0.121. The minimum atomic E-state index is -0.000518. The summed E-state index contributed by atoms with van der Waals surface area (Å²) >= 11 is 1.85. The van der Waals surface area contributed by atoms with Gasteiger partial charge in [-0.15, -0.1) is 35.3 Å². The van der Waals surface area contributed by atoms with Crippen LogP contribution in [-0.2, 0) is 24.2 Å². The number of hydrogen-bond acceptors (Lipinski definition) is 5. The van der Waals surface area contributed by atoms with E-state index in [1.807, 2.05) is 40.5 Å². The topological polar surface area (TPSA) is 70.1 Å². The molecule has 0 fully saturated rings. The summed E-state index contributed by atoms with van der Waals surface area (Å²) in [5.74, 6) is 1.65. The second-order valence-electron chi connectivity index (χ2n) is 7.93. The number of guanidine groups is 1. The monoisotopic (exact) mass is 569 g/mol. The Balaban J connectivity index is 0.00000289. The lowest BCUT2D eigenvalue weighted by Gasteiger charge is -2.29. The molecular weight excluding hydrogens is 537 g/mol. The number of amides is 1. The highest BCUT2D eigenvalue weighted by Gasteiger charge is 2.24. The van der Waals surface area contributed by atoms with Gasteiger partial charge in [0.1, 0.15) is 10.8 Å². The number of nitrogens with zero attached hydrogens (tertiary/aromatic N) is 4. The fraction of sp³-hybridized carbons (Fsp3) is 0.522. The molecule has 1 amide bonds. The van der Waals surface area contributed by atoms with Gasteiger partial charge in [0.05, 0.1) is 17.9 Å². The lowest BCUT2D eigenvalue weighted by atomic mass is 10.0. The number of aromatic nitrogens is 1. The van der Waals surface area contributed by atoms with Crippen molar-refractivity contribution < 1.29 is 9.53 Å². The molecule has 0 radical (unpaired) electrons. The Hall–Kier alpha value is -1.88. The molecule has 9 heteroatoms. The highest BCUT2D eigenvalue weighted by Crippen LogP contribution is 2.31. The van der Waals surface area contributed by atoms with E-state index in [4.69, 9.17) is 14.7 Å². The van der Waals surface area contributed by atoms with E-state index in [-0.39, 0.29) is 36.5 Å². The molecule has 0 unspecified atom stereocenters. The molecule has 1 aliphatic heterocycles. The van der Waals surface area contributed by atoms with Crippen LogP contribution in [0.1, 0.15) is 41.8 Å². The van der Waals surface area contributed by atoms with E-state index >= 15 is 0 Å². The van der Waals surface area contributed by atoms with Crippen LogP contribution in [0.25, 0.3) is 0 Å². The molecule has 0 atom stereocenters. The number of benzene rings is 1. The van der Waals surface area contributed by atoms with Gasteiger partial charge in [0.2, 0.25) is 0 Å². The van der Waals surface area contributed by atoms with Gasteiger partial charge < -0.3 is 19.9 Å². The molecule has 1 N–H and O–H groups in total. The van der Waals surface area contributed by atoms with Crippen LogP contribution in [0, 0.1) is 0 Å². The number of para-hydroxylation sites is 2. The minimum absolute atomic E-state index is 0. The number of aliphatic imine (C=N–C) groups is 1. The SMILES string of the molecule is CCNC(=NCCCN1C(=O)COc2ccccc21)N(C)Cc1nc2c(s1)CCCC2.I. The average molecular weight is 570 g/mol. The summed E-state index contributed by atoms with van der Waals surface area (Å²) in [7, 11) is 2.06. The third kappa shape index (κ3) is 5.92. The molecule has 2 heterocycles. The molecule has 174 valence electrons. The summed E-state index contributed by atoms with van der Waals surface area (Å²) in [5.41, 5.74) is 2.15. The third-order valence-corrected chi connectivity index (χ3v) is 6.71. The number of anilines is 1. The van der Waals surface area contributed by atoms with E-state index in [1.165, 1.54) is 29.8 Å². The summed E-state index contributed by atoms with van der Waals surface area (Å²) in [6.45, 7) is 5.03. The van der Waals surface area contributed by atoms with Gasteiger partial charge in [0, 0.05) is 31.6 Å². The number of ether oxygens (including phenoxy) is 1. The minimum Gasteiger partial charge on any atom is -0.482 e. The van der Waals surface area contributed by atoms with Crippen LogP contribution in [0.3, 0.4) is 0 Å². The Bertz CT molecular complexity index is 925. The van der Waals surface area contributed by atoms with Crippen LogP contribution in [0.15, 0.2) is 29.3 Å². The van der Waals surface area contributed by atoms with Crippen molar-refractivity contribution in [3.05, 3.63) is 39.8 Å². The van der Waals surface area contributed by atoms with Gasteiger partial charge in [-0.3, -0.25) is 9.79 Å². The number of carbonyl (C=O) groups is 1. The van der Waals surface area contributed by atoms with Gasteiger partial charge in [-0.1, -0.05) is 12.1 Å². The number of halogens is 1. The highest BCUT2D eigenvalue weighted by atomic mass is 127. The Morgan fingerprint density at radius 2 is 2.12 bits per heavy atom. The van der Waals surface area contributed by atoms with Crippen LogP contribution in [0.5, 0.6) is 5.75 Å². The molecular formula is C23H32IN5O2S. The molecule has 0 saturated carbocycles. The number of hydrogen-bond donors (Lipinski definition) is 1. The van der Waals surface area contributed by atoms with Gasteiger partial charge in [0.15, 0.2) is 12.6 Å². The summed E-state index contributed by atoms with van der Waals surface area (Å²) in [5, 5.41) is 4.54. The largest absolute Gasteiger partial charge is 0.482 e.